The summed E-state index contributed by atoms with van der Waals surface area (Å²) in [5, 5.41) is 0. The zero-order chi connectivity index (χ0) is 6.15. The zero-order valence-electron chi connectivity index (χ0n) is 6.01. The van der Waals surface area contributed by atoms with E-state index in [1.54, 1.807) is 0 Å². The molecule has 0 aromatic heterocycles. The fraction of sp³-hybridized carbons (Fsp3) is 0.714. The van der Waals surface area contributed by atoms with Gasteiger partial charge >= 0.3 is 0 Å². The van der Waals surface area contributed by atoms with E-state index in [1.807, 2.05) is 0 Å². The van der Waals surface area contributed by atoms with Crippen LogP contribution in [0.25, 0.3) is 0 Å². The van der Waals surface area contributed by atoms with E-state index < -0.39 is 0 Å². The maximum atomic E-state index is 3.96. The molecule has 0 aromatic carbocycles. The molecule has 0 spiro atoms. The van der Waals surface area contributed by atoms with E-state index in [9.17, 15) is 0 Å². The molecule has 0 amide bonds. The number of hydrogen-bond acceptors (Lipinski definition) is 1. The Morgan fingerprint density at radius 3 is 2.33 bits per heavy atom. The van der Waals surface area contributed by atoms with Crippen molar-refractivity contribution in [2.45, 2.75) is 12.5 Å². The third-order valence-electron chi connectivity index (χ3n) is 2.00. The minimum absolute atomic E-state index is 0. The van der Waals surface area contributed by atoms with Gasteiger partial charge in [0.15, 0.2) is 0 Å². The predicted molar refractivity (Wildman–Crippen MR) is 35.2 cm³/mol. The van der Waals surface area contributed by atoms with E-state index in [4.69, 9.17) is 0 Å². The molecule has 0 saturated carbocycles. The summed E-state index contributed by atoms with van der Waals surface area (Å²) >= 11 is 0. The molecule has 1 rings (SSSR count). The third-order valence-corrected chi connectivity index (χ3v) is 2.00. The van der Waals surface area contributed by atoms with E-state index in [1.165, 1.54) is 6.54 Å². The standard InChI is InChI=1S/C7H13N.Y/c1-4-7-5-8(3)6(7)2;/h6-7H,1-2,4-5H2,3H3;/q-2;. The second-order valence-electron chi connectivity index (χ2n) is 2.56. The molecule has 2 unspecified atom stereocenters. The normalized spacial score (nSPS) is 35.0. The number of rotatable bonds is 1. The number of hydrogen-bond donors (Lipinski definition) is 0. The molecular formula is C7H13NY-2. The van der Waals surface area contributed by atoms with Gasteiger partial charge in [-0.05, 0) is 13.6 Å². The van der Waals surface area contributed by atoms with Gasteiger partial charge in [-0.25, -0.2) is 0 Å². The first-order valence-electron chi connectivity index (χ1n) is 3.08. The van der Waals surface area contributed by atoms with E-state index in [2.05, 4.69) is 25.8 Å². The molecule has 1 aliphatic rings. The maximum Gasteiger partial charge on any atom is 0 e. The first-order chi connectivity index (χ1) is 3.75. The molecule has 2 heteroatoms. The van der Waals surface area contributed by atoms with Gasteiger partial charge in [-0.3, -0.25) is 0 Å². The van der Waals surface area contributed by atoms with E-state index in [-0.39, 0.29) is 32.7 Å². The summed E-state index contributed by atoms with van der Waals surface area (Å²) in [6, 6.07) is 0.535. The van der Waals surface area contributed by atoms with Crippen molar-refractivity contribution in [3.63, 3.8) is 0 Å². The van der Waals surface area contributed by atoms with Crippen LogP contribution in [0.5, 0.6) is 0 Å². The molecule has 9 heavy (non-hydrogen) atoms. The molecule has 1 aliphatic heterocycles. The van der Waals surface area contributed by atoms with Crippen molar-refractivity contribution in [2.75, 3.05) is 13.6 Å². The van der Waals surface area contributed by atoms with Gasteiger partial charge in [-0.15, -0.1) is 6.04 Å². The predicted octanol–water partition coefficient (Wildman–Crippen LogP) is 0.972. The van der Waals surface area contributed by atoms with Gasteiger partial charge in [0.05, 0.1) is 0 Å². The molecular weight excluding hydrogens is 187 g/mol. The molecule has 0 N–H and O–H groups in total. The average Bonchev–Trinajstić information content (AvgIpc) is 1.81. The Morgan fingerprint density at radius 1 is 1.67 bits per heavy atom. The second kappa shape index (κ2) is 4.05. The van der Waals surface area contributed by atoms with Gasteiger partial charge < -0.3 is 18.7 Å². The van der Waals surface area contributed by atoms with Gasteiger partial charge in [0.1, 0.15) is 0 Å². The molecule has 1 radical (unpaired) electrons. The van der Waals surface area contributed by atoms with Gasteiger partial charge in [0, 0.05) is 32.7 Å². The van der Waals surface area contributed by atoms with Crippen molar-refractivity contribution in [1.82, 2.24) is 4.90 Å². The van der Waals surface area contributed by atoms with Crippen LogP contribution in [0.2, 0.25) is 0 Å². The summed E-state index contributed by atoms with van der Waals surface area (Å²) in [5.74, 6) is 0.764. The van der Waals surface area contributed by atoms with Crippen LogP contribution >= 0.6 is 0 Å². The monoisotopic (exact) mass is 200 g/mol. The molecule has 0 bridgehead atoms. The molecule has 0 aliphatic carbocycles. The fourth-order valence-corrected chi connectivity index (χ4v) is 1.13. The van der Waals surface area contributed by atoms with Crippen LogP contribution in [-0.4, -0.2) is 24.5 Å². The van der Waals surface area contributed by atoms with Gasteiger partial charge in [-0.2, -0.15) is 6.42 Å². The third kappa shape index (κ3) is 1.99. The first kappa shape index (κ1) is 10.1. The molecule has 1 fully saturated rings. The van der Waals surface area contributed by atoms with Crippen molar-refractivity contribution < 1.29 is 32.7 Å². The van der Waals surface area contributed by atoms with Gasteiger partial charge in [0.2, 0.25) is 0 Å². The fourth-order valence-electron chi connectivity index (χ4n) is 1.13. The van der Waals surface area contributed by atoms with Crippen molar-refractivity contribution in [1.29, 1.82) is 0 Å². The molecule has 1 nitrogen and oxygen atoms in total. The first-order valence-corrected chi connectivity index (χ1v) is 3.08. The molecule has 2 atom stereocenters. The quantitative estimate of drug-likeness (QED) is 0.570. The number of likely N-dealkylation sites (tertiary alicyclic amines) is 1. The Bertz CT molecular complexity index is 85.0. The minimum Gasteiger partial charge on any atom is -0.343 e. The van der Waals surface area contributed by atoms with Crippen LogP contribution in [0.3, 0.4) is 0 Å². The Balaban J connectivity index is 0.000000640. The molecule has 51 valence electrons. The Hall–Kier alpha value is 1.06. The Kier molecular flexibility index (Phi) is 4.53. The number of nitrogens with zero attached hydrogens (tertiary/aromatic N) is 1. The van der Waals surface area contributed by atoms with E-state index in [0.717, 1.165) is 12.3 Å². The SMILES string of the molecule is [CH2-]CC1CN(C)C1[CH2-].[Y]. The smallest absolute Gasteiger partial charge is 0 e. The van der Waals surface area contributed by atoms with Crippen LogP contribution in [0.15, 0.2) is 0 Å². The summed E-state index contributed by atoms with van der Waals surface area (Å²) in [4.78, 5) is 2.25. The second-order valence-corrected chi connectivity index (χ2v) is 2.56. The Labute approximate surface area is 83.1 Å². The van der Waals surface area contributed by atoms with Crippen molar-refractivity contribution in [3.05, 3.63) is 13.8 Å². The van der Waals surface area contributed by atoms with Crippen LogP contribution in [0.4, 0.5) is 0 Å². The summed E-state index contributed by atoms with van der Waals surface area (Å²) in [6.45, 7) is 8.98. The van der Waals surface area contributed by atoms with Crippen LogP contribution < -0.4 is 0 Å². The van der Waals surface area contributed by atoms with E-state index >= 15 is 0 Å². The van der Waals surface area contributed by atoms with Gasteiger partial charge in [0.25, 0.3) is 0 Å². The molecule has 0 aromatic rings. The largest absolute Gasteiger partial charge is 0.343 e. The van der Waals surface area contributed by atoms with Crippen molar-refractivity contribution in [2.24, 2.45) is 5.92 Å². The van der Waals surface area contributed by atoms with Crippen LogP contribution in [0.1, 0.15) is 6.42 Å². The molecule has 1 heterocycles. The van der Waals surface area contributed by atoms with Crippen LogP contribution in [0, 0.1) is 19.8 Å². The summed E-state index contributed by atoms with van der Waals surface area (Å²) in [5.41, 5.74) is 0. The van der Waals surface area contributed by atoms with E-state index in [0.29, 0.717) is 6.04 Å². The summed E-state index contributed by atoms with van der Waals surface area (Å²) in [7, 11) is 2.10. The maximum absolute atomic E-state index is 3.96. The summed E-state index contributed by atoms with van der Waals surface area (Å²) in [6.07, 6.45) is 1.04. The molecule has 1 saturated heterocycles. The minimum atomic E-state index is 0. The zero-order valence-corrected chi connectivity index (χ0v) is 8.85. The Morgan fingerprint density at radius 2 is 2.22 bits per heavy atom. The van der Waals surface area contributed by atoms with Crippen molar-refractivity contribution in [3.8, 4) is 0 Å². The van der Waals surface area contributed by atoms with Crippen LogP contribution in [-0.2, 0) is 32.7 Å². The summed E-state index contributed by atoms with van der Waals surface area (Å²) < 4.78 is 0. The topological polar surface area (TPSA) is 3.24 Å². The van der Waals surface area contributed by atoms with Gasteiger partial charge in [-0.1, -0.05) is 5.92 Å². The van der Waals surface area contributed by atoms with Crippen molar-refractivity contribution >= 4 is 0 Å². The average molecular weight is 200 g/mol.